The van der Waals surface area contributed by atoms with Crippen LogP contribution in [0.2, 0.25) is 0 Å². The molecule has 0 radical (unpaired) electrons. The zero-order chi connectivity index (χ0) is 19.1. The Bertz CT molecular complexity index is 793. The van der Waals surface area contributed by atoms with Crippen LogP contribution in [0.25, 0.3) is 0 Å². The van der Waals surface area contributed by atoms with Gasteiger partial charge in [-0.3, -0.25) is 19.3 Å². The second-order valence-corrected chi connectivity index (χ2v) is 6.89. The highest BCUT2D eigenvalue weighted by Crippen LogP contribution is 2.31. The first-order chi connectivity index (χ1) is 12.3. The molecule has 2 aliphatic rings. The molecule has 1 aromatic rings. The molecule has 0 saturated carbocycles. The second-order valence-electron chi connectivity index (χ2n) is 6.89. The Balaban J connectivity index is 1.89. The Morgan fingerprint density at radius 2 is 1.96 bits per heavy atom. The van der Waals surface area contributed by atoms with Crippen LogP contribution in [0.4, 0.5) is 16.2 Å². The van der Waals surface area contributed by atoms with Gasteiger partial charge in [-0.2, -0.15) is 0 Å². The monoisotopic (exact) mass is 358 g/mol. The molecule has 138 valence electrons. The van der Waals surface area contributed by atoms with E-state index in [9.17, 15) is 19.2 Å². The van der Waals surface area contributed by atoms with E-state index in [1.165, 1.54) is 4.90 Å². The standard InChI is InChI=1S/C18H22N4O4/c1-4-18(3)16(25)21(17(26)20-18)10-15(24)22-11(2)9-14(23)19-12-7-5-6-8-13(12)22/h5-8,11H,4,9-10H2,1-3H3,(H,19,23)(H,20,26)/t11-,18+/m1/s1. The Hall–Kier alpha value is -2.90. The third kappa shape index (κ3) is 2.91. The maximum atomic E-state index is 13.0. The first-order valence-electron chi connectivity index (χ1n) is 8.62. The van der Waals surface area contributed by atoms with E-state index in [1.807, 2.05) is 0 Å². The van der Waals surface area contributed by atoms with Gasteiger partial charge in [-0.25, -0.2) is 4.79 Å². The minimum atomic E-state index is -0.989. The smallest absolute Gasteiger partial charge is 0.324 e. The van der Waals surface area contributed by atoms with E-state index in [0.29, 0.717) is 17.8 Å². The Morgan fingerprint density at radius 1 is 1.27 bits per heavy atom. The van der Waals surface area contributed by atoms with Crippen LogP contribution in [-0.4, -0.2) is 46.8 Å². The number of benzene rings is 1. The highest BCUT2D eigenvalue weighted by Gasteiger charge is 2.47. The highest BCUT2D eigenvalue weighted by molar-refractivity contribution is 6.11. The van der Waals surface area contributed by atoms with Gasteiger partial charge >= 0.3 is 6.03 Å². The number of fused-ring (bicyclic) bond motifs is 1. The van der Waals surface area contributed by atoms with Gasteiger partial charge in [0, 0.05) is 12.5 Å². The van der Waals surface area contributed by atoms with E-state index < -0.39 is 29.4 Å². The number of para-hydroxylation sites is 2. The average Bonchev–Trinajstić information content (AvgIpc) is 2.73. The number of amides is 5. The topological polar surface area (TPSA) is 98.8 Å². The summed E-state index contributed by atoms with van der Waals surface area (Å²) in [5.74, 6) is -1.01. The molecular formula is C18H22N4O4. The average molecular weight is 358 g/mol. The van der Waals surface area contributed by atoms with Crippen LogP contribution in [0.5, 0.6) is 0 Å². The molecule has 0 spiro atoms. The van der Waals surface area contributed by atoms with Gasteiger partial charge in [0.05, 0.1) is 11.4 Å². The maximum absolute atomic E-state index is 13.0. The Labute approximate surface area is 151 Å². The van der Waals surface area contributed by atoms with E-state index in [2.05, 4.69) is 10.6 Å². The predicted octanol–water partition coefficient (Wildman–Crippen LogP) is 1.47. The van der Waals surface area contributed by atoms with Gasteiger partial charge in [-0.1, -0.05) is 19.1 Å². The summed E-state index contributed by atoms with van der Waals surface area (Å²) in [4.78, 5) is 52.2. The van der Waals surface area contributed by atoms with E-state index in [4.69, 9.17) is 0 Å². The molecule has 0 bridgehead atoms. The number of anilines is 2. The van der Waals surface area contributed by atoms with Crippen LogP contribution in [0.3, 0.4) is 0 Å². The number of hydrogen-bond acceptors (Lipinski definition) is 4. The first kappa shape index (κ1) is 17.9. The molecule has 2 atom stereocenters. The van der Waals surface area contributed by atoms with Crippen molar-refractivity contribution < 1.29 is 19.2 Å². The van der Waals surface area contributed by atoms with Gasteiger partial charge in [0.2, 0.25) is 11.8 Å². The maximum Gasteiger partial charge on any atom is 0.325 e. The van der Waals surface area contributed by atoms with Crippen LogP contribution in [0, 0.1) is 0 Å². The van der Waals surface area contributed by atoms with Crippen LogP contribution in [0.15, 0.2) is 24.3 Å². The fraction of sp³-hybridized carbons (Fsp3) is 0.444. The molecule has 8 nitrogen and oxygen atoms in total. The Kier molecular flexibility index (Phi) is 4.43. The lowest BCUT2D eigenvalue weighted by atomic mass is 9.99. The number of carbonyl (C=O) groups excluding carboxylic acids is 4. The number of urea groups is 1. The summed E-state index contributed by atoms with van der Waals surface area (Å²) < 4.78 is 0. The highest BCUT2D eigenvalue weighted by atomic mass is 16.2. The molecule has 2 aliphatic heterocycles. The minimum absolute atomic E-state index is 0.132. The predicted molar refractivity (Wildman–Crippen MR) is 95.6 cm³/mol. The van der Waals surface area contributed by atoms with Gasteiger partial charge in [0.1, 0.15) is 12.1 Å². The summed E-state index contributed by atoms with van der Waals surface area (Å²) in [6.07, 6.45) is 0.566. The summed E-state index contributed by atoms with van der Waals surface area (Å²) in [6, 6.07) is 6.01. The van der Waals surface area contributed by atoms with E-state index in [-0.39, 0.29) is 18.9 Å². The van der Waals surface area contributed by atoms with Crippen molar-refractivity contribution in [1.29, 1.82) is 0 Å². The molecule has 5 amide bonds. The number of carbonyl (C=O) groups is 4. The summed E-state index contributed by atoms with van der Waals surface area (Å²) >= 11 is 0. The largest absolute Gasteiger partial charge is 0.325 e. The van der Waals surface area contributed by atoms with Gasteiger partial charge < -0.3 is 15.5 Å². The SMILES string of the molecule is CC[C@]1(C)NC(=O)N(CC(=O)N2c3ccccc3NC(=O)C[C@H]2C)C1=O. The lowest BCUT2D eigenvalue weighted by molar-refractivity contribution is -0.134. The number of nitrogens with zero attached hydrogens (tertiary/aromatic N) is 2. The van der Waals surface area contributed by atoms with E-state index >= 15 is 0 Å². The fourth-order valence-electron chi connectivity index (χ4n) is 3.31. The lowest BCUT2D eigenvalue weighted by Gasteiger charge is -2.29. The lowest BCUT2D eigenvalue weighted by Crippen LogP contribution is -2.48. The molecule has 8 heteroatoms. The summed E-state index contributed by atoms with van der Waals surface area (Å²) in [7, 11) is 0. The molecule has 2 N–H and O–H groups in total. The van der Waals surface area contributed by atoms with E-state index in [0.717, 1.165) is 4.90 Å². The summed E-state index contributed by atoms with van der Waals surface area (Å²) in [5, 5.41) is 5.42. The summed E-state index contributed by atoms with van der Waals surface area (Å²) in [5.41, 5.74) is 0.101. The molecule has 0 aliphatic carbocycles. The third-order valence-electron chi connectivity index (χ3n) is 4.97. The van der Waals surface area contributed by atoms with Gasteiger partial charge in [-0.05, 0) is 32.4 Å². The summed E-state index contributed by atoms with van der Waals surface area (Å²) in [6.45, 7) is 4.84. The number of hydrogen-bond donors (Lipinski definition) is 2. The van der Waals surface area contributed by atoms with Crippen LogP contribution < -0.4 is 15.5 Å². The molecule has 1 saturated heterocycles. The van der Waals surface area contributed by atoms with Gasteiger partial charge in [-0.15, -0.1) is 0 Å². The normalized spacial score (nSPS) is 25.5. The van der Waals surface area contributed by atoms with Gasteiger partial charge in [0.25, 0.3) is 5.91 Å². The molecule has 2 heterocycles. The Morgan fingerprint density at radius 3 is 2.62 bits per heavy atom. The van der Waals surface area contributed by atoms with E-state index in [1.54, 1.807) is 45.0 Å². The van der Waals surface area contributed by atoms with Crippen molar-refractivity contribution in [3.63, 3.8) is 0 Å². The van der Waals surface area contributed by atoms with Crippen molar-refractivity contribution in [1.82, 2.24) is 10.2 Å². The van der Waals surface area contributed by atoms with Crippen LogP contribution in [-0.2, 0) is 14.4 Å². The van der Waals surface area contributed by atoms with Crippen molar-refractivity contribution in [3.8, 4) is 0 Å². The first-order valence-corrected chi connectivity index (χ1v) is 8.62. The van der Waals surface area contributed by atoms with Crippen molar-refractivity contribution >= 4 is 35.1 Å². The van der Waals surface area contributed by atoms with Gasteiger partial charge in [0.15, 0.2) is 0 Å². The quantitative estimate of drug-likeness (QED) is 0.799. The van der Waals surface area contributed by atoms with Crippen LogP contribution >= 0.6 is 0 Å². The third-order valence-corrected chi connectivity index (χ3v) is 4.97. The van der Waals surface area contributed by atoms with Crippen molar-refractivity contribution in [2.45, 2.75) is 45.2 Å². The van der Waals surface area contributed by atoms with Crippen molar-refractivity contribution in [2.75, 3.05) is 16.8 Å². The second kappa shape index (κ2) is 6.44. The zero-order valence-corrected chi connectivity index (χ0v) is 15.0. The molecular weight excluding hydrogens is 336 g/mol. The van der Waals surface area contributed by atoms with Crippen molar-refractivity contribution in [2.24, 2.45) is 0 Å². The number of nitrogens with one attached hydrogen (secondary N) is 2. The zero-order valence-electron chi connectivity index (χ0n) is 15.0. The molecule has 0 aromatic heterocycles. The number of imide groups is 1. The molecule has 3 rings (SSSR count). The molecule has 1 aromatic carbocycles. The van der Waals surface area contributed by atoms with Crippen molar-refractivity contribution in [3.05, 3.63) is 24.3 Å². The minimum Gasteiger partial charge on any atom is -0.324 e. The molecule has 0 unspecified atom stereocenters. The number of rotatable bonds is 3. The van der Waals surface area contributed by atoms with Crippen LogP contribution in [0.1, 0.15) is 33.6 Å². The molecule has 26 heavy (non-hydrogen) atoms. The fourth-order valence-corrected chi connectivity index (χ4v) is 3.31. The molecule has 1 fully saturated rings.